The first-order valence-corrected chi connectivity index (χ1v) is 18.5. The van der Waals surface area contributed by atoms with E-state index in [-0.39, 0.29) is 0 Å². The van der Waals surface area contributed by atoms with Crippen LogP contribution in [0.1, 0.15) is 11.1 Å². The quantitative estimate of drug-likeness (QED) is 0.183. The summed E-state index contributed by atoms with van der Waals surface area (Å²) in [4.78, 5) is 0. The van der Waals surface area contributed by atoms with E-state index in [0.29, 0.717) is 11.1 Å². The highest BCUT2D eigenvalue weighted by molar-refractivity contribution is 6.26. The molecule has 0 N–H and O–H groups in total. The second kappa shape index (κ2) is 11.2. The van der Waals surface area contributed by atoms with E-state index in [0.717, 1.165) is 104 Å². The number of benzene rings is 8. The normalized spacial score (nSPS) is 11.9. The average Bonchev–Trinajstić information content (AvgIpc) is 3.99. The summed E-state index contributed by atoms with van der Waals surface area (Å²) in [5.41, 5.74) is 12.5. The monoisotopic (exact) mass is 713 g/mol. The van der Waals surface area contributed by atoms with Crippen molar-refractivity contribution in [2.75, 3.05) is 0 Å². The first-order chi connectivity index (χ1) is 27.7. The SMILES string of the molecule is N#Cc1ccc2c(c1)c1ccccc1n2-c1ccc2oc3ccc(-n4c5ccccc5c5c4ccc4c6cc(C#N)ccc6n(-c6ccccc6)c45)cc3c2c1. The molecular formula is C50H27N5O. The number of nitriles is 2. The summed E-state index contributed by atoms with van der Waals surface area (Å²) in [6.45, 7) is 0. The van der Waals surface area contributed by atoms with Gasteiger partial charge in [0.25, 0.3) is 0 Å². The summed E-state index contributed by atoms with van der Waals surface area (Å²) in [5, 5.41) is 28.2. The summed E-state index contributed by atoms with van der Waals surface area (Å²) in [5.74, 6) is 0. The largest absolute Gasteiger partial charge is 0.456 e. The standard InChI is InChI=1S/C50H27N5O/c51-28-30-14-19-44-38(24-30)35-10-4-6-12-42(35)53(44)33-16-22-47-40(26-33)41-27-34(17-23-48(41)56-47)54-43-13-7-5-11-37(43)49-46(54)21-18-36-39-25-31(29-52)15-20-45(39)55(50(36)49)32-8-2-1-3-9-32/h1-27H. The Morgan fingerprint density at radius 3 is 1.54 bits per heavy atom. The van der Waals surface area contributed by atoms with Gasteiger partial charge < -0.3 is 18.1 Å². The molecule has 8 aromatic carbocycles. The maximum atomic E-state index is 9.85. The number of hydrogen-bond donors (Lipinski definition) is 0. The minimum atomic E-state index is 0.641. The molecule has 0 amide bonds. The van der Waals surface area contributed by atoms with E-state index in [1.165, 1.54) is 0 Å². The van der Waals surface area contributed by atoms with Crippen molar-refractivity contribution in [3.05, 3.63) is 175 Å². The van der Waals surface area contributed by atoms with E-state index in [4.69, 9.17) is 4.42 Å². The third-order valence-corrected chi connectivity index (χ3v) is 11.5. The van der Waals surface area contributed by atoms with Gasteiger partial charge in [-0.05, 0) is 103 Å². The van der Waals surface area contributed by atoms with E-state index in [2.05, 4.69) is 147 Å². The predicted molar refractivity (Wildman–Crippen MR) is 226 cm³/mol. The van der Waals surface area contributed by atoms with Crippen LogP contribution in [0.3, 0.4) is 0 Å². The lowest BCUT2D eigenvalue weighted by Gasteiger charge is -2.10. The fourth-order valence-corrected chi connectivity index (χ4v) is 9.10. The molecule has 0 bridgehead atoms. The molecule has 12 aromatic rings. The molecule has 6 heteroatoms. The zero-order chi connectivity index (χ0) is 37.1. The van der Waals surface area contributed by atoms with Crippen molar-refractivity contribution < 1.29 is 4.42 Å². The number of rotatable bonds is 3. The van der Waals surface area contributed by atoms with Gasteiger partial charge in [0.2, 0.25) is 0 Å². The minimum absolute atomic E-state index is 0.641. The Morgan fingerprint density at radius 1 is 0.357 bits per heavy atom. The summed E-state index contributed by atoms with van der Waals surface area (Å²) >= 11 is 0. The smallest absolute Gasteiger partial charge is 0.135 e. The van der Waals surface area contributed by atoms with Crippen LogP contribution in [0.4, 0.5) is 0 Å². The summed E-state index contributed by atoms with van der Waals surface area (Å²) in [6.07, 6.45) is 0. The van der Waals surface area contributed by atoms with Gasteiger partial charge in [0.05, 0.1) is 56.4 Å². The Bertz CT molecular complexity index is 3730. The maximum Gasteiger partial charge on any atom is 0.135 e. The van der Waals surface area contributed by atoms with Crippen LogP contribution in [0.25, 0.3) is 104 Å². The fourth-order valence-electron chi connectivity index (χ4n) is 9.10. The number of para-hydroxylation sites is 3. The van der Waals surface area contributed by atoms with Crippen LogP contribution in [0, 0.1) is 22.7 Å². The number of hydrogen-bond acceptors (Lipinski definition) is 3. The Labute approximate surface area is 319 Å². The van der Waals surface area contributed by atoms with Crippen LogP contribution in [0.2, 0.25) is 0 Å². The molecule has 4 aromatic heterocycles. The van der Waals surface area contributed by atoms with Gasteiger partial charge in [-0.25, -0.2) is 0 Å². The molecule has 258 valence electrons. The molecule has 0 saturated heterocycles. The van der Waals surface area contributed by atoms with Gasteiger partial charge in [-0.1, -0.05) is 60.7 Å². The Hall–Kier alpha value is -8.06. The number of furan rings is 1. The molecule has 6 nitrogen and oxygen atoms in total. The average molecular weight is 714 g/mol. The van der Waals surface area contributed by atoms with Crippen LogP contribution >= 0.6 is 0 Å². The van der Waals surface area contributed by atoms with Gasteiger partial charge in [-0.3, -0.25) is 0 Å². The fraction of sp³-hybridized carbons (Fsp3) is 0. The zero-order valence-electron chi connectivity index (χ0n) is 29.7. The maximum absolute atomic E-state index is 9.85. The van der Waals surface area contributed by atoms with E-state index >= 15 is 0 Å². The van der Waals surface area contributed by atoms with Crippen LogP contribution in [-0.2, 0) is 0 Å². The molecule has 0 radical (unpaired) electrons. The number of aromatic nitrogens is 3. The molecule has 0 atom stereocenters. The molecule has 12 rings (SSSR count). The van der Waals surface area contributed by atoms with E-state index in [1.54, 1.807) is 0 Å². The lowest BCUT2D eigenvalue weighted by molar-refractivity contribution is 0.669. The Kier molecular flexibility index (Phi) is 6.10. The highest BCUT2D eigenvalue weighted by Crippen LogP contribution is 2.43. The molecule has 0 aliphatic heterocycles. The van der Waals surface area contributed by atoms with Gasteiger partial charge in [0.15, 0.2) is 0 Å². The molecule has 0 saturated carbocycles. The first-order valence-electron chi connectivity index (χ1n) is 18.5. The lowest BCUT2D eigenvalue weighted by Crippen LogP contribution is -1.95. The van der Waals surface area contributed by atoms with Crippen molar-refractivity contribution in [1.29, 1.82) is 10.5 Å². The molecule has 0 aliphatic carbocycles. The lowest BCUT2D eigenvalue weighted by atomic mass is 10.1. The highest BCUT2D eigenvalue weighted by atomic mass is 16.3. The topological polar surface area (TPSA) is 75.5 Å². The third-order valence-electron chi connectivity index (χ3n) is 11.5. The van der Waals surface area contributed by atoms with E-state index < -0.39 is 0 Å². The first kappa shape index (κ1) is 30.4. The van der Waals surface area contributed by atoms with Gasteiger partial charge in [0.1, 0.15) is 11.2 Å². The second-order valence-electron chi connectivity index (χ2n) is 14.4. The Morgan fingerprint density at radius 2 is 0.875 bits per heavy atom. The summed E-state index contributed by atoms with van der Waals surface area (Å²) in [6, 6.07) is 61.3. The molecule has 56 heavy (non-hydrogen) atoms. The van der Waals surface area contributed by atoms with Crippen LogP contribution < -0.4 is 0 Å². The molecule has 4 heterocycles. The second-order valence-corrected chi connectivity index (χ2v) is 14.4. The molecule has 0 unspecified atom stereocenters. The van der Waals surface area contributed by atoms with Crippen LogP contribution in [0.5, 0.6) is 0 Å². The van der Waals surface area contributed by atoms with Gasteiger partial charge in [-0.15, -0.1) is 0 Å². The van der Waals surface area contributed by atoms with Crippen molar-refractivity contribution in [3.63, 3.8) is 0 Å². The van der Waals surface area contributed by atoms with Gasteiger partial charge >= 0.3 is 0 Å². The molecular weight excluding hydrogens is 687 g/mol. The summed E-state index contributed by atoms with van der Waals surface area (Å²) in [7, 11) is 0. The summed E-state index contributed by atoms with van der Waals surface area (Å²) < 4.78 is 13.4. The molecule has 0 fully saturated rings. The van der Waals surface area contributed by atoms with Crippen molar-refractivity contribution in [2.24, 2.45) is 0 Å². The van der Waals surface area contributed by atoms with Gasteiger partial charge in [-0.2, -0.15) is 10.5 Å². The molecule has 0 aliphatic rings. The van der Waals surface area contributed by atoms with Crippen molar-refractivity contribution in [3.8, 4) is 29.2 Å². The number of fused-ring (bicyclic) bond motifs is 13. The minimum Gasteiger partial charge on any atom is -0.456 e. The van der Waals surface area contributed by atoms with Crippen molar-refractivity contribution in [1.82, 2.24) is 13.7 Å². The Balaban J connectivity index is 1.13. The third kappa shape index (κ3) is 4.07. The molecule has 0 spiro atoms. The van der Waals surface area contributed by atoms with Gasteiger partial charge in [0, 0.05) is 60.2 Å². The predicted octanol–water partition coefficient (Wildman–Crippen LogP) is 12.6. The van der Waals surface area contributed by atoms with Crippen molar-refractivity contribution in [2.45, 2.75) is 0 Å². The number of nitrogens with zero attached hydrogens (tertiary/aromatic N) is 5. The zero-order valence-corrected chi connectivity index (χ0v) is 29.7. The van der Waals surface area contributed by atoms with E-state index in [9.17, 15) is 10.5 Å². The van der Waals surface area contributed by atoms with Crippen LogP contribution in [0.15, 0.2) is 168 Å². The van der Waals surface area contributed by atoms with Crippen molar-refractivity contribution >= 4 is 87.4 Å². The van der Waals surface area contributed by atoms with Crippen LogP contribution in [-0.4, -0.2) is 13.7 Å². The highest BCUT2D eigenvalue weighted by Gasteiger charge is 2.22. The van der Waals surface area contributed by atoms with E-state index in [1.807, 2.05) is 42.5 Å².